The van der Waals surface area contributed by atoms with E-state index in [2.05, 4.69) is 23.5 Å². The monoisotopic (exact) mass is 448 g/mol. The third-order valence-corrected chi connectivity index (χ3v) is 7.25. The summed E-state index contributed by atoms with van der Waals surface area (Å²) in [5.41, 5.74) is 4.86. The zero-order valence-electron chi connectivity index (χ0n) is 17.7. The van der Waals surface area contributed by atoms with Crippen molar-refractivity contribution < 1.29 is 13.2 Å². The van der Waals surface area contributed by atoms with Gasteiger partial charge in [-0.2, -0.15) is 0 Å². The first kappa shape index (κ1) is 22.6. The first-order chi connectivity index (χ1) is 14.2. The van der Waals surface area contributed by atoms with Crippen molar-refractivity contribution in [3.05, 3.63) is 63.7 Å². The molecule has 0 bridgehead atoms. The van der Waals surface area contributed by atoms with Gasteiger partial charge in [0, 0.05) is 5.02 Å². The number of anilines is 1. The van der Waals surface area contributed by atoms with E-state index in [1.807, 2.05) is 6.92 Å². The van der Waals surface area contributed by atoms with E-state index < -0.39 is 10.0 Å². The van der Waals surface area contributed by atoms with E-state index in [1.165, 1.54) is 24.0 Å². The Bertz CT molecular complexity index is 1040. The Morgan fingerprint density at radius 3 is 2.53 bits per heavy atom. The molecule has 0 heterocycles. The number of carbonyl (C=O) groups excluding carboxylic acids is 1. The largest absolute Gasteiger partial charge is 0.348 e. The Balaban J connectivity index is 1.80. The van der Waals surface area contributed by atoms with Gasteiger partial charge in [-0.3, -0.25) is 9.10 Å². The molecule has 1 atom stereocenters. The Labute approximate surface area is 184 Å². The van der Waals surface area contributed by atoms with Crippen LogP contribution in [0, 0.1) is 6.92 Å². The highest BCUT2D eigenvalue weighted by molar-refractivity contribution is 7.92. The van der Waals surface area contributed by atoms with Crippen LogP contribution in [0.1, 0.15) is 54.5 Å². The standard InChI is InChI=1S/C23H29ClN2O3S/c1-4-21(19-13-12-17-8-5-6-9-18(17)14-19)25-23(27)15-26(30(3,28)29)22-11-7-10-20(24)16(22)2/h7,10-14,21H,4-6,8-9,15H2,1-3H3,(H,25,27)/t21-/m1/s1. The fourth-order valence-electron chi connectivity index (χ4n) is 4.01. The summed E-state index contributed by atoms with van der Waals surface area (Å²) in [6.45, 7) is 3.47. The first-order valence-corrected chi connectivity index (χ1v) is 12.6. The van der Waals surface area contributed by atoms with Crippen LogP contribution < -0.4 is 9.62 Å². The molecule has 0 aliphatic heterocycles. The molecule has 0 saturated heterocycles. The lowest BCUT2D eigenvalue weighted by Gasteiger charge is -2.26. The molecular formula is C23H29ClN2O3S. The zero-order chi connectivity index (χ0) is 21.9. The summed E-state index contributed by atoms with van der Waals surface area (Å²) in [4.78, 5) is 12.9. The number of carbonyl (C=O) groups is 1. The van der Waals surface area contributed by atoms with Crippen LogP contribution in [0.25, 0.3) is 0 Å². The van der Waals surface area contributed by atoms with E-state index >= 15 is 0 Å². The van der Waals surface area contributed by atoms with Crippen molar-refractivity contribution in [3.63, 3.8) is 0 Å². The number of nitrogens with one attached hydrogen (secondary N) is 1. The normalized spacial score (nSPS) is 14.7. The molecule has 1 amide bonds. The number of benzene rings is 2. The van der Waals surface area contributed by atoms with Crippen molar-refractivity contribution in [2.45, 2.75) is 52.0 Å². The van der Waals surface area contributed by atoms with Gasteiger partial charge in [0.15, 0.2) is 0 Å². The Morgan fingerprint density at radius 1 is 1.17 bits per heavy atom. The van der Waals surface area contributed by atoms with E-state index in [0.29, 0.717) is 16.3 Å². The number of amides is 1. The van der Waals surface area contributed by atoms with Crippen LogP contribution in [0.5, 0.6) is 0 Å². The van der Waals surface area contributed by atoms with Crippen LogP contribution in [0.2, 0.25) is 5.02 Å². The maximum atomic E-state index is 12.9. The summed E-state index contributed by atoms with van der Waals surface area (Å²) in [6, 6.07) is 11.3. The second-order valence-corrected chi connectivity index (χ2v) is 10.2. The number of aryl methyl sites for hydroxylation is 2. The quantitative estimate of drug-likeness (QED) is 0.675. The average molecular weight is 449 g/mol. The molecule has 5 nitrogen and oxygen atoms in total. The topological polar surface area (TPSA) is 66.5 Å². The Kier molecular flexibility index (Phi) is 7.09. The number of sulfonamides is 1. The summed E-state index contributed by atoms with van der Waals surface area (Å²) in [5.74, 6) is -0.343. The minimum atomic E-state index is -3.66. The lowest BCUT2D eigenvalue weighted by molar-refractivity contribution is -0.120. The summed E-state index contributed by atoms with van der Waals surface area (Å²) in [7, 11) is -3.66. The van der Waals surface area contributed by atoms with Crippen molar-refractivity contribution in [1.82, 2.24) is 5.32 Å². The highest BCUT2D eigenvalue weighted by Gasteiger charge is 2.24. The highest BCUT2D eigenvalue weighted by Crippen LogP contribution is 2.29. The smallest absolute Gasteiger partial charge is 0.241 e. The number of fused-ring (bicyclic) bond motifs is 1. The van der Waals surface area contributed by atoms with Gasteiger partial charge in [0.05, 0.1) is 18.0 Å². The Hall–Kier alpha value is -2.05. The molecule has 0 saturated carbocycles. The van der Waals surface area contributed by atoms with Crippen molar-refractivity contribution in [2.24, 2.45) is 0 Å². The minimum absolute atomic E-state index is 0.161. The second kappa shape index (κ2) is 9.40. The highest BCUT2D eigenvalue weighted by atomic mass is 35.5. The van der Waals surface area contributed by atoms with Crippen LogP contribution in [0.3, 0.4) is 0 Å². The van der Waals surface area contributed by atoms with Gasteiger partial charge in [-0.1, -0.05) is 42.8 Å². The molecule has 30 heavy (non-hydrogen) atoms. The van der Waals surface area contributed by atoms with Gasteiger partial charge in [-0.05, 0) is 73.4 Å². The van der Waals surface area contributed by atoms with Gasteiger partial charge < -0.3 is 5.32 Å². The number of nitrogens with zero attached hydrogens (tertiary/aromatic N) is 1. The molecule has 3 rings (SSSR count). The van der Waals surface area contributed by atoms with Gasteiger partial charge >= 0.3 is 0 Å². The van der Waals surface area contributed by atoms with Crippen LogP contribution in [-0.4, -0.2) is 27.1 Å². The van der Waals surface area contributed by atoms with Crippen LogP contribution in [0.4, 0.5) is 5.69 Å². The third kappa shape index (κ3) is 5.16. The van der Waals surface area contributed by atoms with Gasteiger partial charge in [-0.25, -0.2) is 8.42 Å². The lowest BCUT2D eigenvalue weighted by Crippen LogP contribution is -2.41. The zero-order valence-corrected chi connectivity index (χ0v) is 19.3. The van der Waals surface area contributed by atoms with E-state index in [1.54, 1.807) is 25.1 Å². The first-order valence-electron chi connectivity index (χ1n) is 10.3. The lowest BCUT2D eigenvalue weighted by atomic mass is 9.89. The molecule has 0 unspecified atom stereocenters. The van der Waals surface area contributed by atoms with E-state index in [0.717, 1.165) is 35.4 Å². The second-order valence-electron chi connectivity index (χ2n) is 7.92. The number of halogens is 1. The molecule has 0 radical (unpaired) electrons. The summed E-state index contributed by atoms with van der Waals surface area (Å²) >= 11 is 6.17. The molecule has 1 aliphatic rings. The van der Waals surface area contributed by atoms with Crippen molar-refractivity contribution in [1.29, 1.82) is 0 Å². The molecule has 7 heteroatoms. The van der Waals surface area contributed by atoms with Gasteiger partial charge in [0.1, 0.15) is 6.54 Å². The summed E-state index contributed by atoms with van der Waals surface area (Å²) < 4.78 is 26.0. The molecule has 1 aliphatic carbocycles. The summed E-state index contributed by atoms with van der Waals surface area (Å²) in [6.07, 6.45) is 6.43. The van der Waals surface area contributed by atoms with Crippen molar-refractivity contribution in [2.75, 3.05) is 17.1 Å². The van der Waals surface area contributed by atoms with Crippen LogP contribution in [-0.2, 0) is 27.7 Å². The molecule has 2 aromatic carbocycles. The predicted molar refractivity (Wildman–Crippen MR) is 123 cm³/mol. The molecule has 0 aromatic heterocycles. The maximum absolute atomic E-state index is 12.9. The van der Waals surface area contributed by atoms with Gasteiger partial charge in [-0.15, -0.1) is 0 Å². The molecule has 162 valence electrons. The fraction of sp³-hybridized carbons (Fsp3) is 0.435. The van der Waals surface area contributed by atoms with Crippen LogP contribution >= 0.6 is 11.6 Å². The molecular weight excluding hydrogens is 420 g/mol. The molecule has 0 spiro atoms. The van der Waals surface area contributed by atoms with E-state index in [4.69, 9.17) is 11.6 Å². The minimum Gasteiger partial charge on any atom is -0.348 e. The molecule has 0 fully saturated rings. The maximum Gasteiger partial charge on any atom is 0.241 e. The molecule has 1 N–H and O–H groups in total. The predicted octanol–water partition coefficient (Wildman–Crippen LogP) is 4.56. The van der Waals surface area contributed by atoms with E-state index in [-0.39, 0.29) is 18.5 Å². The van der Waals surface area contributed by atoms with E-state index in [9.17, 15) is 13.2 Å². The molecule has 2 aromatic rings. The SMILES string of the molecule is CC[C@@H](NC(=O)CN(c1cccc(Cl)c1C)S(C)(=O)=O)c1ccc2c(c1)CCCC2. The van der Waals surface area contributed by atoms with Crippen LogP contribution in [0.15, 0.2) is 36.4 Å². The summed E-state index contributed by atoms with van der Waals surface area (Å²) in [5, 5.41) is 3.48. The van der Waals surface area contributed by atoms with Crippen molar-refractivity contribution >= 4 is 33.2 Å². The average Bonchev–Trinajstić information content (AvgIpc) is 2.71. The number of hydrogen-bond acceptors (Lipinski definition) is 3. The van der Waals surface area contributed by atoms with Gasteiger partial charge in [0.2, 0.25) is 15.9 Å². The third-order valence-electron chi connectivity index (χ3n) is 5.71. The number of rotatable bonds is 7. The van der Waals surface area contributed by atoms with Gasteiger partial charge in [0.25, 0.3) is 0 Å². The van der Waals surface area contributed by atoms with Crippen molar-refractivity contribution in [3.8, 4) is 0 Å². The fourth-order valence-corrected chi connectivity index (χ4v) is 5.09. The Morgan fingerprint density at radius 2 is 1.87 bits per heavy atom. The number of hydrogen-bond donors (Lipinski definition) is 1.